The summed E-state index contributed by atoms with van der Waals surface area (Å²) in [5, 5.41) is 0.493. The third-order valence-corrected chi connectivity index (χ3v) is 2.52. The van der Waals surface area contributed by atoms with Crippen molar-refractivity contribution in [3.8, 4) is 0 Å². The van der Waals surface area contributed by atoms with Crippen molar-refractivity contribution in [1.29, 1.82) is 0 Å². The van der Waals surface area contributed by atoms with Crippen molar-refractivity contribution in [3.63, 3.8) is 0 Å². The van der Waals surface area contributed by atoms with Gasteiger partial charge in [-0.15, -0.1) is 0 Å². The number of rotatable bonds is 1. The van der Waals surface area contributed by atoms with Gasteiger partial charge in [-0.2, -0.15) is 0 Å². The zero-order valence-electron chi connectivity index (χ0n) is 5.77. The van der Waals surface area contributed by atoms with Crippen LogP contribution < -0.4 is 5.73 Å². The van der Waals surface area contributed by atoms with Gasteiger partial charge in [0.2, 0.25) is 5.91 Å². The van der Waals surface area contributed by atoms with E-state index in [0.717, 1.165) is 0 Å². The number of carbonyl (C=O) groups is 1. The maximum atomic E-state index is 10.8. The molecular weight excluding hydrogens is 265 g/mol. The molecule has 0 aliphatic rings. The number of primary amides is 1. The van der Waals surface area contributed by atoms with E-state index >= 15 is 0 Å². The van der Waals surface area contributed by atoms with Crippen LogP contribution in [0.15, 0.2) is 16.6 Å². The predicted molar refractivity (Wildman–Crippen MR) is 52.7 cm³/mol. The lowest BCUT2D eigenvalue weighted by molar-refractivity contribution is 0.100. The van der Waals surface area contributed by atoms with E-state index in [-0.39, 0.29) is 10.6 Å². The number of halogens is 3. The van der Waals surface area contributed by atoms with Gasteiger partial charge in [0.15, 0.2) is 0 Å². The second-order valence-corrected chi connectivity index (χ2v) is 3.81. The average molecular weight is 269 g/mol. The SMILES string of the molecule is NC(=O)c1cc(Br)cc(Cl)c1Cl. The fourth-order valence-electron chi connectivity index (χ4n) is 0.735. The summed E-state index contributed by atoms with van der Waals surface area (Å²) in [6.45, 7) is 0. The van der Waals surface area contributed by atoms with Crippen molar-refractivity contribution in [1.82, 2.24) is 0 Å². The molecule has 12 heavy (non-hydrogen) atoms. The minimum Gasteiger partial charge on any atom is -0.366 e. The molecule has 5 heteroatoms. The lowest BCUT2D eigenvalue weighted by Crippen LogP contribution is -2.11. The molecule has 1 aromatic rings. The highest BCUT2D eigenvalue weighted by Crippen LogP contribution is 2.29. The smallest absolute Gasteiger partial charge is 0.250 e. The Morgan fingerprint density at radius 3 is 2.50 bits per heavy atom. The van der Waals surface area contributed by atoms with Crippen LogP contribution in [0, 0.1) is 0 Å². The minimum absolute atomic E-state index is 0.187. The number of benzene rings is 1. The summed E-state index contributed by atoms with van der Waals surface area (Å²) in [6.07, 6.45) is 0. The Morgan fingerprint density at radius 2 is 2.00 bits per heavy atom. The molecule has 0 bridgehead atoms. The molecule has 64 valence electrons. The Balaban J connectivity index is 3.37. The van der Waals surface area contributed by atoms with Crippen LogP contribution >= 0.6 is 39.1 Å². The van der Waals surface area contributed by atoms with Crippen LogP contribution in [0.25, 0.3) is 0 Å². The van der Waals surface area contributed by atoms with E-state index in [2.05, 4.69) is 15.9 Å². The molecule has 0 unspecified atom stereocenters. The summed E-state index contributed by atoms with van der Waals surface area (Å²) in [7, 11) is 0. The molecule has 0 saturated heterocycles. The lowest BCUT2D eigenvalue weighted by Gasteiger charge is -2.02. The highest BCUT2D eigenvalue weighted by atomic mass is 79.9. The first-order valence-corrected chi connectivity index (χ1v) is 4.51. The monoisotopic (exact) mass is 267 g/mol. The van der Waals surface area contributed by atoms with Gasteiger partial charge in [0.1, 0.15) is 0 Å². The van der Waals surface area contributed by atoms with E-state index < -0.39 is 5.91 Å². The molecule has 2 N–H and O–H groups in total. The highest BCUT2D eigenvalue weighted by molar-refractivity contribution is 9.10. The standard InChI is InChI=1S/C7H4BrCl2NO/c8-3-1-4(7(11)12)6(10)5(9)2-3/h1-2H,(H2,11,12). The van der Waals surface area contributed by atoms with Gasteiger partial charge in [-0.3, -0.25) is 4.79 Å². The Hall–Kier alpha value is -0.250. The van der Waals surface area contributed by atoms with E-state index in [1.54, 1.807) is 6.07 Å². The summed E-state index contributed by atoms with van der Waals surface area (Å²) in [6, 6.07) is 3.12. The van der Waals surface area contributed by atoms with Crippen LogP contribution in [0.2, 0.25) is 10.0 Å². The fourth-order valence-corrected chi connectivity index (χ4v) is 1.75. The van der Waals surface area contributed by atoms with Crippen molar-refractivity contribution in [2.24, 2.45) is 5.73 Å². The van der Waals surface area contributed by atoms with Crippen LogP contribution in [0.5, 0.6) is 0 Å². The zero-order valence-corrected chi connectivity index (χ0v) is 8.87. The molecule has 0 atom stereocenters. The molecule has 0 aromatic heterocycles. The molecule has 2 nitrogen and oxygen atoms in total. The number of amides is 1. The quantitative estimate of drug-likeness (QED) is 0.782. The van der Waals surface area contributed by atoms with Crippen molar-refractivity contribution in [2.45, 2.75) is 0 Å². The van der Waals surface area contributed by atoms with Gasteiger partial charge < -0.3 is 5.73 Å². The third kappa shape index (κ3) is 1.91. The number of hydrogen-bond donors (Lipinski definition) is 1. The van der Waals surface area contributed by atoms with Crippen LogP contribution in [0.4, 0.5) is 0 Å². The molecule has 0 fully saturated rings. The van der Waals surface area contributed by atoms with Gasteiger partial charge in [0.05, 0.1) is 15.6 Å². The molecule has 0 aliphatic carbocycles. The van der Waals surface area contributed by atoms with Crippen LogP contribution in [-0.2, 0) is 0 Å². The molecule has 0 spiro atoms. The number of nitrogens with two attached hydrogens (primary N) is 1. The van der Waals surface area contributed by atoms with Crippen molar-refractivity contribution < 1.29 is 4.79 Å². The number of hydrogen-bond acceptors (Lipinski definition) is 1. The Bertz CT molecular complexity index is 340. The second-order valence-electron chi connectivity index (χ2n) is 2.11. The van der Waals surface area contributed by atoms with Crippen LogP contribution in [-0.4, -0.2) is 5.91 Å². The van der Waals surface area contributed by atoms with Gasteiger partial charge >= 0.3 is 0 Å². The first-order chi connectivity index (χ1) is 5.52. The first kappa shape index (κ1) is 9.84. The molecular formula is C7H4BrCl2NO. The maximum absolute atomic E-state index is 10.8. The molecule has 1 amide bonds. The third-order valence-electron chi connectivity index (χ3n) is 1.26. The molecule has 0 radical (unpaired) electrons. The van der Waals surface area contributed by atoms with Gasteiger partial charge in [-0.25, -0.2) is 0 Å². The topological polar surface area (TPSA) is 43.1 Å². The largest absolute Gasteiger partial charge is 0.366 e. The molecule has 1 aromatic carbocycles. The van der Waals surface area contributed by atoms with Gasteiger partial charge in [-0.05, 0) is 12.1 Å². The van der Waals surface area contributed by atoms with Gasteiger partial charge in [-0.1, -0.05) is 39.1 Å². The van der Waals surface area contributed by atoms with Crippen LogP contribution in [0.1, 0.15) is 10.4 Å². The molecule has 1 rings (SSSR count). The molecule has 0 heterocycles. The fraction of sp³-hybridized carbons (Fsp3) is 0. The lowest BCUT2D eigenvalue weighted by atomic mass is 10.2. The van der Waals surface area contributed by atoms with Gasteiger partial charge in [0, 0.05) is 4.47 Å². The zero-order chi connectivity index (χ0) is 9.30. The minimum atomic E-state index is -0.594. The summed E-state index contributed by atoms with van der Waals surface area (Å²) in [5.74, 6) is -0.594. The van der Waals surface area contributed by atoms with E-state index in [1.165, 1.54) is 6.07 Å². The predicted octanol–water partition coefficient (Wildman–Crippen LogP) is 2.85. The normalized spacial score (nSPS) is 9.92. The molecule has 0 saturated carbocycles. The summed E-state index contributed by atoms with van der Waals surface area (Å²) >= 11 is 14.6. The number of carbonyl (C=O) groups excluding carboxylic acids is 1. The second kappa shape index (κ2) is 3.64. The van der Waals surface area contributed by atoms with Gasteiger partial charge in [0.25, 0.3) is 0 Å². The van der Waals surface area contributed by atoms with E-state index in [9.17, 15) is 4.79 Å². The average Bonchev–Trinajstić information content (AvgIpc) is 1.96. The Labute approximate surface area is 87.8 Å². The summed E-state index contributed by atoms with van der Waals surface area (Å²) in [5.41, 5.74) is 5.27. The summed E-state index contributed by atoms with van der Waals surface area (Å²) < 4.78 is 0.672. The maximum Gasteiger partial charge on any atom is 0.250 e. The van der Waals surface area contributed by atoms with Crippen molar-refractivity contribution >= 4 is 45.0 Å². The summed E-state index contributed by atoms with van der Waals surface area (Å²) in [4.78, 5) is 10.8. The first-order valence-electron chi connectivity index (χ1n) is 2.96. The Morgan fingerprint density at radius 1 is 1.42 bits per heavy atom. The van der Waals surface area contributed by atoms with Crippen LogP contribution in [0.3, 0.4) is 0 Å². The highest BCUT2D eigenvalue weighted by Gasteiger charge is 2.10. The van der Waals surface area contributed by atoms with E-state index in [4.69, 9.17) is 28.9 Å². The van der Waals surface area contributed by atoms with Crippen molar-refractivity contribution in [2.75, 3.05) is 0 Å². The van der Waals surface area contributed by atoms with Crippen molar-refractivity contribution in [3.05, 3.63) is 32.2 Å². The van der Waals surface area contributed by atoms with E-state index in [0.29, 0.717) is 9.50 Å². The molecule has 0 aliphatic heterocycles. The van der Waals surface area contributed by atoms with E-state index in [1.807, 2.05) is 0 Å². The Kier molecular flexibility index (Phi) is 2.99.